The standard InChI is InChI=1S/C24H19N3O4/c28-24(26-12-16-5-10-22-23(11-16)31-15-30-22)14-29-18-8-6-17(7-9-18)21-13-25-19-3-1-2-4-20(19)27-21/h1-11,13H,12,14-15H2,(H,26,28). The van der Waals surface area contributed by atoms with Crippen molar-refractivity contribution in [3.63, 3.8) is 0 Å². The van der Waals surface area contributed by atoms with Crippen molar-refractivity contribution in [2.75, 3.05) is 13.4 Å². The highest BCUT2D eigenvalue weighted by atomic mass is 16.7. The maximum atomic E-state index is 12.1. The number of amides is 1. The molecule has 1 aliphatic rings. The van der Waals surface area contributed by atoms with E-state index in [4.69, 9.17) is 14.2 Å². The minimum atomic E-state index is -0.206. The van der Waals surface area contributed by atoms with Crippen molar-refractivity contribution in [2.45, 2.75) is 6.54 Å². The number of aromatic nitrogens is 2. The summed E-state index contributed by atoms with van der Waals surface area (Å²) in [5, 5.41) is 2.84. The summed E-state index contributed by atoms with van der Waals surface area (Å²) in [6.45, 7) is 0.545. The van der Waals surface area contributed by atoms with Crippen LogP contribution in [0.25, 0.3) is 22.3 Å². The van der Waals surface area contributed by atoms with Gasteiger partial charge in [0.1, 0.15) is 5.75 Å². The van der Waals surface area contributed by atoms with Gasteiger partial charge in [-0.3, -0.25) is 9.78 Å². The van der Waals surface area contributed by atoms with E-state index in [1.807, 2.05) is 66.7 Å². The summed E-state index contributed by atoms with van der Waals surface area (Å²) in [4.78, 5) is 21.2. The predicted octanol–water partition coefficient (Wildman–Crippen LogP) is 3.72. The average Bonchev–Trinajstić information content (AvgIpc) is 3.29. The summed E-state index contributed by atoms with van der Waals surface area (Å²) in [6.07, 6.45) is 1.75. The number of hydrogen-bond acceptors (Lipinski definition) is 6. The highest BCUT2D eigenvalue weighted by Gasteiger charge is 2.13. The lowest BCUT2D eigenvalue weighted by Crippen LogP contribution is -2.28. The third kappa shape index (κ3) is 4.25. The Hall–Kier alpha value is -4.13. The Kier molecular flexibility index (Phi) is 5.06. The van der Waals surface area contributed by atoms with E-state index in [-0.39, 0.29) is 19.3 Å². The molecule has 2 heterocycles. The lowest BCUT2D eigenvalue weighted by atomic mass is 10.1. The van der Waals surface area contributed by atoms with Crippen LogP contribution in [0.2, 0.25) is 0 Å². The minimum Gasteiger partial charge on any atom is -0.484 e. The number of nitrogens with one attached hydrogen (secondary N) is 1. The molecule has 0 saturated carbocycles. The lowest BCUT2D eigenvalue weighted by Gasteiger charge is -2.09. The van der Waals surface area contributed by atoms with Gasteiger partial charge in [-0.1, -0.05) is 18.2 Å². The van der Waals surface area contributed by atoms with Gasteiger partial charge in [-0.15, -0.1) is 0 Å². The van der Waals surface area contributed by atoms with Crippen molar-refractivity contribution in [2.24, 2.45) is 0 Å². The van der Waals surface area contributed by atoms with E-state index in [0.29, 0.717) is 18.0 Å². The zero-order valence-corrected chi connectivity index (χ0v) is 16.6. The first kappa shape index (κ1) is 18.9. The van der Waals surface area contributed by atoms with Crippen molar-refractivity contribution in [1.82, 2.24) is 15.3 Å². The van der Waals surface area contributed by atoms with Gasteiger partial charge in [0.25, 0.3) is 5.91 Å². The second-order valence-corrected chi connectivity index (χ2v) is 7.02. The molecule has 0 radical (unpaired) electrons. The zero-order valence-electron chi connectivity index (χ0n) is 16.6. The zero-order chi connectivity index (χ0) is 21.0. The summed E-state index contributed by atoms with van der Waals surface area (Å²) in [7, 11) is 0. The quantitative estimate of drug-likeness (QED) is 0.519. The molecule has 154 valence electrons. The first-order valence-corrected chi connectivity index (χ1v) is 9.85. The molecule has 0 fully saturated rings. The smallest absolute Gasteiger partial charge is 0.258 e. The lowest BCUT2D eigenvalue weighted by molar-refractivity contribution is -0.123. The van der Waals surface area contributed by atoms with Gasteiger partial charge in [-0.2, -0.15) is 0 Å². The van der Waals surface area contributed by atoms with Gasteiger partial charge in [0, 0.05) is 12.1 Å². The summed E-state index contributed by atoms with van der Waals surface area (Å²) in [5.74, 6) is 1.81. The van der Waals surface area contributed by atoms with Gasteiger partial charge in [-0.25, -0.2) is 4.98 Å². The number of carbonyl (C=O) groups is 1. The van der Waals surface area contributed by atoms with E-state index in [1.165, 1.54) is 0 Å². The van der Waals surface area contributed by atoms with E-state index < -0.39 is 0 Å². The summed E-state index contributed by atoms with van der Waals surface area (Å²) in [5.41, 5.74) is 4.35. The fraction of sp³-hybridized carbons (Fsp3) is 0.125. The van der Waals surface area contributed by atoms with Crippen LogP contribution < -0.4 is 19.5 Å². The van der Waals surface area contributed by atoms with Gasteiger partial charge >= 0.3 is 0 Å². The number of nitrogens with zero attached hydrogens (tertiary/aromatic N) is 2. The molecule has 0 aliphatic carbocycles. The van der Waals surface area contributed by atoms with Crippen LogP contribution in [0, 0.1) is 0 Å². The predicted molar refractivity (Wildman–Crippen MR) is 115 cm³/mol. The molecule has 0 bridgehead atoms. The van der Waals surface area contributed by atoms with Crippen LogP contribution in [0.15, 0.2) is 72.9 Å². The fourth-order valence-corrected chi connectivity index (χ4v) is 3.27. The highest BCUT2D eigenvalue weighted by molar-refractivity contribution is 5.78. The molecule has 0 atom stereocenters. The molecule has 1 aliphatic heterocycles. The maximum Gasteiger partial charge on any atom is 0.258 e. The summed E-state index contributed by atoms with van der Waals surface area (Å²) < 4.78 is 16.2. The number of ether oxygens (including phenoxy) is 3. The second kappa shape index (κ2) is 8.31. The molecule has 1 aromatic heterocycles. The molecule has 31 heavy (non-hydrogen) atoms. The fourth-order valence-electron chi connectivity index (χ4n) is 3.27. The van der Waals surface area contributed by atoms with Crippen molar-refractivity contribution < 1.29 is 19.0 Å². The van der Waals surface area contributed by atoms with E-state index in [1.54, 1.807) is 6.20 Å². The van der Waals surface area contributed by atoms with Crippen LogP contribution in [-0.2, 0) is 11.3 Å². The van der Waals surface area contributed by atoms with Crippen molar-refractivity contribution in [1.29, 1.82) is 0 Å². The monoisotopic (exact) mass is 413 g/mol. The number of fused-ring (bicyclic) bond motifs is 2. The molecule has 3 aromatic carbocycles. The van der Waals surface area contributed by atoms with E-state index in [9.17, 15) is 4.79 Å². The van der Waals surface area contributed by atoms with Gasteiger partial charge in [0.2, 0.25) is 6.79 Å². The molecule has 7 nitrogen and oxygen atoms in total. The molecule has 5 rings (SSSR count). The molecule has 7 heteroatoms. The molecular weight excluding hydrogens is 394 g/mol. The Bertz CT molecular complexity index is 1240. The maximum absolute atomic E-state index is 12.1. The molecule has 1 N–H and O–H groups in total. The van der Waals surface area contributed by atoms with E-state index in [2.05, 4.69) is 15.3 Å². The molecule has 1 amide bonds. The second-order valence-electron chi connectivity index (χ2n) is 7.02. The van der Waals surface area contributed by atoms with Crippen LogP contribution in [-0.4, -0.2) is 29.3 Å². The summed E-state index contributed by atoms with van der Waals surface area (Å²) in [6, 6.07) is 20.8. The molecule has 0 saturated heterocycles. The first-order chi connectivity index (χ1) is 15.2. The Balaban J connectivity index is 1.15. The Labute approximate surface area is 178 Å². The number of para-hydroxylation sites is 2. The third-order valence-corrected chi connectivity index (χ3v) is 4.90. The largest absolute Gasteiger partial charge is 0.484 e. The first-order valence-electron chi connectivity index (χ1n) is 9.85. The minimum absolute atomic E-state index is 0.0698. The Morgan fingerprint density at radius 1 is 0.968 bits per heavy atom. The van der Waals surface area contributed by atoms with Crippen LogP contribution >= 0.6 is 0 Å². The van der Waals surface area contributed by atoms with E-state index >= 15 is 0 Å². The number of benzene rings is 3. The molecule has 4 aromatic rings. The molecule has 0 unspecified atom stereocenters. The van der Waals surface area contributed by atoms with Gasteiger partial charge in [0.05, 0.1) is 22.9 Å². The average molecular weight is 413 g/mol. The van der Waals surface area contributed by atoms with Gasteiger partial charge in [-0.05, 0) is 54.1 Å². The number of rotatable bonds is 6. The number of hydrogen-bond donors (Lipinski definition) is 1. The molecular formula is C24H19N3O4. The van der Waals surface area contributed by atoms with Crippen molar-refractivity contribution in [3.05, 3.63) is 78.5 Å². The SMILES string of the molecule is O=C(COc1ccc(-c2cnc3ccccc3n2)cc1)NCc1ccc2c(c1)OCO2. The van der Waals surface area contributed by atoms with E-state index in [0.717, 1.165) is 33.6 Å². The van der Waals surface area contributed by atoms with Crippen LogP contribution in [0.5, 0.6) is 17.2 Å². The van der Waals surface area contributed by atoms with Crippen molar-refractivity contribution >= 4 is 16.9 Å². The summed E-state index contributed by atoms with van der Waals surface area (Å²) >= 11 is 0. The number of carbonyl (C=O) groups excluding carboxylic acids is 1. The Morgan fingerprint density at radius 3 is 2.65 bits per heavy atom. The topological polar surface area (TPSA) is 82.6 Å². The normalized spacial score (nSPS) is 12.0. The van der Waals surface area contributed by atoms with Crippen molar-refractivity contribution in [3.8, 4) is 28.5 Å². The van der Waals surface area contributed by atoms with Gasteiger partial charge in [0.15, 0.2) is 18.1 Å². The van der Waals surface area contributed by atoms with Crippen LogP contribution in [0.1, 0.15) is 5.56 Å². The van der Waals surface area contributed by atoms with Crippen LogP contribution in [0.3, 0.4) is 0 Å². The third-order valence-electron chi connectivity index (χ3n) is 4.90. The van der Waals surface area contributed by atoms with Gasteiger partial charge < -0.3 is 19.5 Å². The Morgan fingerprint density at radius 2 is 1.77 bits per heavy atom. The van der Waals surface area contributed by atoms with Crippen LogP contribution in [0.4, 0.5) is 0 Å². The molecule has 0 spiro atoms. The highest BCUT2D eigenvalue weighted by Crippen LogP contribution is 2.32.